The van der Waals surface area contributed by atoms with Crippen LogP contribution in [0.1, 0.15) is 11.1 Å². The first-order valence-corrected chi connectivity index (χ1v) is 6.10. The molecule has 0 saturated heterocycles. The normalized spacial score (nSPS) is 9.80. The van der Waals surface area contributed by atoms with Crippen LogP contribution in [0.2, 0.25) is 0 Å². The number of nitrogens with one attached hydrogen (secondary N) is 1. The van der Waals surface area contributed by atoms with Gasteiger partial charge < -0.3 is 10.7 Å². The highest BCUT2D eigenvalue weighted by Gasteiger charge is 2.20. The fraction of sp³-hybridized carbons (Fsp3) is 0. The maximum atomic E-state index is 14.0. The zero-order chi connectivity index (χ0) is 14.9. The first-order valence-electron chi connectivity index (χ1n) is 5.31. The van der Waals surface area contributed by atoms with Crippen molar-refractivity contribution in [2.75, 3.05) is 5.73 Å². The van der Waals surface area contributed by atoms with Crippen molar-refractivity contribution in [2.24, 2.45) is 0 Å². The van der Waals surface area contributed by atoms with E-state index < -0.39 is 11.4 Å². The zero-order valence-electron chi connectivity index (χ0n) is 9.87. The number of nitriles is 2. The molecule has 0 aliphatic carbocycles. The molecule has 0 fully saturated rings. The van der Waals surface area contributed by atoms with Gasteiger partial charge in [0.15, 0.2) is 0 Å². The van der Waals surface area contributed by atoms with Crippen LogP contribution >= 0.6 is 15.9 Å². The van der Waals surface area contributed by atoms with E-state index in [9.17, 15) is 9.18 Å². The molecule has 98 valence electrons. The number of pyridine rings is 1. The van der Waals surface area contributed by atoms with Crippen molar-refractivity contribution in [3.05, 3.63) is 50.0 Å². The van der Waals surface area contributed by atoms with Gasteiger partial charge in [0.2, 0.25) is 0 Å². The van der Waals surface area contributed by atoms with E-state index in [0.717, 1.165) is 0 Å². The molecule has 1 aromatic carbocycles. The number of aromatic nitrogens is 1. The summed E-state index contributed by atoms with van der Waals surface area (Å²) < 4.78 is 14.5. The standard InChI is InChI=1S/C13H6BrFN4O/c14-6-1-2-7(10(15)3-6)11-8(4-16)12(18)19-13(20)9(11)5-17/h1-3H,(H3,18,19,20). The predicted octanol–water partition coefficient (Wildman–Crippen LogP) is 2.27. The highest BCUT2D eigenvalue weighted by atomic mass is 79.9. The molecule has 0 aliphatic heterocycles. The second kappa shape index (κ2) is 5.16. The van der Waals surface area contributed by atoms with Gasteiger partial charge in [0.05, 0.1) is 0 Å². The Balaban J connectivity index is 2.97. The summed E-state index contributed by atoms with van der Waals surface area (Å²) in [6.07, 6.45) is 0. The van der Waals surface area contributed by atoms with Gasteiger partial charge in [0.1, 0.15) is 34.9 Å². The lowest BCUT2D eigenvalue weighted by Gasteiger charge is -2.09. The van der Waals surface area contributed by atoms with Crippen molar-refractivity contribution in [3.8, 4) is 23.3 Å². The molecule has 1 aromatic heterocycles. The fourth-order valence-corrected chi connectivity index (χ4v) is 2.14. The third kappa shape index (κ3) is 2.15. The van der Waals surface area contributed by atoms with Gasteiger partial charge in [-0.1, -0.05) is 22.0 Å². The van der Waals surface area contributed by atoms with Gasteiger partial charge in [-0.2, -0.15) is 10.5 Å². The summed E-state index contributed by atoms with van der Waals surface area (Å²) >= 11 is 3.11. The number of H-pyrrole nitrogens is 1. The van der Waals surface area contributed by atoms with Crippen molar-refractivity contribution in [1.82, 2.24) is 4.98 Å². The number of nitrogens with zero attached hydrogens (tertiary/aromatic N) is 2. The third-order valence-electron chi connectivity index (χ3n) is 2.67. The van der Waals surface area contributed by atoms with E-state index >= 15 is 0 Å². The molecule has 0 saturated carbocycles. The number of nitrogens with two attached hydrogens (primary N) is 1. The predicted molar refractivity (Wildman–Crippen MR) is 74.0 cm³/mol. The number of benzene rings is 1. The average molecular weight is 333 g/mol. The van der Waals surface area contributed by atoms with Crippen molar-refractivity contribution in [1.29, 1.82) is 10.5 Å². The van der Waals surface area contributed by atoms with Crippen LogP contribution in [-0.2, 0) is 0 Å². The van der Waals surface area contributed by atoms with E-state index in [2.05, 4.69) is 20.9 Å². The molecule has 0 amide bonds. The number of aromatic amines is 1. The number of hydrogen-bond acceptors (Lipinski definition) is 4. The van der Waals surface area contributed by atoms with E-state index in [1.807, 2.05) is 0 Å². The number of hydrogen-bond donors (Lipinski definition) is 2. The van der Waals surface area contributed by atoms with Crippen molar-refractivity contribution < 1.29 is 4.39 Å². The molecule has 1 heterocycles. The number of rotatable bonds is 1. The minimum absolute atomic E-state index is 0.0286. The van der Waals surface area contributed by atoms with Gasteiger partial charge in [0, 0.05) is 15.6 Å². The molecule has 0 spiro atoms. The lowest BCUT2D eigenvalue weighted by molar-refractivity contribution is 0.630. The molecular weight excluding hydrogens is 327 g/mol. The summed E-state index contributed by atoms with van der Waals surface area (Å²) in [4.78, 5) is 13.9. The van der Waals surface area contributed by atoms with E-state index in [1.165, 1.54) is 18.2 Å². The average Bonchev–Trinajstić information content (AvgIpc) is 2.38. The van der Waals surface area contributed by atoms with Crippen LogP contribution < -0.4 is 11.3 Å². The topological polar surface area (TPSA) is 106 Å². The smallest absolute Gasteiger partial charge is 0.268 e. The van der Waals surface area contributed by atoms with E-state index in [1.54, 1.807) is 12.1 Å². The molecule has 0 aliphatic rings. The molecule has 0 unspecified atom stereocenters. The summed E-state index contributed by atoms with van der Waals surface area (Å²) in [5.41, 5.74) is 4.18. The maximum absolute atomic E-state index is 14.0. The quantitative estimate of drug-likeness (QED) is 0.835. The largest absolute Gasteiger partial charge is 0.384 e. The maximum Gasteiger partial charge on any atom is 0.268 e. The minimum Gasteiger partial charge on any atom is -0.384 e. The SMILES string of the molecule is N#Cc1c(N)[nH]c(=O)c(C#N)c1-c1ccc(Br)cc1F. The Morgan fingerprint density at radius 2 is 1.90 bits per heavy atom. The highest BCUT2D eigenvalue weighted by molar-refractivity contribution is 9.10. The van der Waals surface area contributed by atoms with Gasteiger partial charge in [-0.05, 0) is 12.1 Å². The number of anilines is 1. The van der Waals surface area contributed by atoms with Gasteiger partial charge in [-0.25, -0.2) is 4.39 Å². The summed E-state index contributed by atoms with van der Waals surface area (Å²) in [5, 5.41) is 18.2. The highest BCUT2D eigenvalue weighted by Crippen LogP contribution is 2.31. The Bertz CT molecular complexity index is 845. The molecule has 2 aromatic rings. The summed E-state index contributed by atoms with van der Waals surface area (Å²) in [6, 6.07) is 7.54. The monoisotopic (exact) mass is 332 g/mol. The number of nitrogen functional groups attached to an aromatic ring is 1. The molecule has 2 rings (SSSR count). The molecule has 7 heteroatoms. The Hall–Kier alpha value is -2.64. The van der Waals surface area contributed by atoms with E-state index in [-0.39, 0.29) is 28.1 Å². The van der Waals surface area contributed by atoms with Crippen LogP contribution in [0.3, 0.4) is 0 Å². The van der Waals surface area contributed by atoms with Gasteiger partial charge in [-0.15, -0.1) is 0 Å². The Morgan fingerprint density at radius 1 is 1.25 bits per heavy atom. The van der Waals surface area contributed by atoms with Crippen LogP contribution in [0, 0.1) is 28.5 Å². The van der Waals surface area contributed by atoms with Crippen LogP contribution in [-0.4, -0.2) is 4.98 Å². The van der Waals surface area contributed by atoms with Crippen LogP contribution in [0.15, 0.2) is 27.5 Å². The minimum atomic E-state index is -0.763. The first kappa shape index (κ1) is 13.8. The van der Waals surface area contributed by atoms with Gasteiger partial charge >= 0.3 is 0 Å². The summed E-state index contributed by atoms with van der Waals surface area (Å²) in [7, 11) is 0. The van der Waals surface area contributed by atoms with Crippen LogP contribution in [0.4, 0.5) is 10.2 Å². The van der Waals surface area contributed by atoms with E-state index in [0.29, 0.717) is 4.47 Å². The zero-order valence-corrected chi connectivity index (χ0v) is 11.5. The lowest BCUT2D eigenvalue weighted by Crippen LogP contribution is -2.16. The molecule has 0 radical (unpaired) electrons. The molecule has 0 bridgehead atoms. The second-order valence-corrected chi connectivity index (χ2v) is 4.76. The van der Waals surface area contributed by atoms with Gasteiger partial charge in [0.25, 0.3) is 5.56 Å². The molecule has 3 N–H and O–H groups in total. The Morgan fingerprint density at radius 3 is 2.45 bits per heavy atom. The van der Waals surface area contributed by atoms with Crippen molar-refractivity contribution in [2.45, 2.75) is 0 Å². The van der Waals surface area contributed by atoms with Gasteiger partial charge in [-0.3, -0.25) is 4.79 Å². The molecular formula is C13H6BrFN4O. The molecule has 5 nitrogen and oxygen atoms in total. The summed E-state index contributed by atoms with van der Waals surface area (Å²) in [6.45, 7) is 0. The number of halogens is 2. The van der Waals surface area contributed by atoms with Crippen molar-refractivity contribution in [3.63, 3.8) is 0 Å². The van der Waals surface area contributed by atoms with Crippen LogP contribution in [0.25, 0.3) is 11.1 Å². The second-order valence-electron chi connectivity index (χ2n) is 3.84. The third-order valence-corrected chi connectivity index (χ3v) is 3.16. The Labute approximate surface area is 121 Å². The molecule has 0 atom stereocenters. The van der Waals surface area contributed by atoms with Crippen molar-refractivity contribution >= 4 is 21.7 Å². The van der Waals surface area contributed by atoms with E-state index in [4.69, 9.17) is 16.3 Å². The Kier molecular flexibility index (Phi) is 3.55. The lowest BCUT2D eigenvalue weighted by atomic mass is 9.96. The first-order chi connectivity index (χ1) is 9.49. The van der Waals surface area contributed by atoms with Crippen LogP contribution in [0.5, 0.6) is 0 Å². The molecule has 20 heavy (non-hydrogen) atoms. The summed E-state index contributed by atoms with van der Waals surface area (Å²) in [5.74, 6) is -0.869. The fourth-order valence-electron chi connectivity index (χ4n) is 1.80.